The summed E-state index contributed by atoms with van der Waals surface area (Å²) in [5.74, 6) is -0.166. The molecule has 2 N–H and O–H groups in total. The van der Waals surface area contributed by atoms with Crippen molar-refractivity contribution >= 4 is 5.97 Å². The molecule has 19 heavy (non-hydrogen) atoms. The number of aliphatic hydroxyl groups excluding tert-OH is 1. The molecule has 1 atom stereocenters. The maximum atomic E-state index is 11.7. The number of aromatic nitrogens is 2. The van der Waals surface area contributed by atoms with Crippen LogP contribution in [0, 0.1) is 5.92 Å². The van der Waals surface area contributed by atoms with Gasteiger partial charge >= 0.3 is 5.97 Å². The van der Waals surface area contributed by atoms with Gasteiger partial charge in [0.1, 0.15) is 5.56 Å². The molecule has 0 fully saturated rings. The molecule has 0 aliphatic heterocycles. The van der Waals surface area contributed by atoms with E-state index in [1.54, 1.807) is 18.7 Å². The van der Waals surface area contributed by atoms with E-state index in [-0.39, 0.29) is 11.9 Å². The number of hydrogen-bond donors (Lipinski definition) is 2. The van der Waals surface area contributed by atoms with Crippen LogP contribution in [0.5, 0.6) is 0 Å². The van der Waals surface area contributed by atoms with Gasteiger partial charge in [0.25, 0.3) is 0 Å². The van der Waals surface area contributed by atoms with Crippen LogP contribution in [0.1, 0.15) is 36.8 Å². The number of nitrogens with one attached hydrogen (secondary N) is 1. The zero-order chi connectivity index (χ0) is 14.4. The Morgan fingerprint density at radius 2 is 2.26 bits per heavy atom. The van der Waals surface area contributed by atoms with Gasteiger partial charge in [-0.25, -0.2) is 4.79 Å². The van der Waals surface area contributed by atoms with Crippen LogP contribution in [0.2, 0.25) is 0 Å². The normalized spacial score (nSPS) is 12.7. The smallest absolute Gasteiger partial charge is 0.341 e. The Morgan fingerprint density at radius 1 is 1.58 bits per heavy atom. The summed E-state index contributed by atoms with van der Waals surface area (Å²) in [5, 5.41) is 16.9. The summed E-state index contributed by atoms with van der Waals surface area (Å²) in [7, 11) is 1.78. The van der Waals surface area contributed by atoms with Gasteiger partial charge in [0.05, 0.1) is 24.6 Å². The van der Waals surface area contributed by atoms with Gasteiger partial charge in [-0.1, -0.05) is 13.8 Å². The van der Waals surface area contributed by atoms with Crippen LogP contribution >= 0.6 is 0 Å². The second-order valence-corrected chi connectivity index (χ2v) is 4.79. The minimum Gasteiger partial charge on any atom is -0.462 e. The van der Waals surface area contributed by atoms with Crippen LogP contribution < -0.4 is 5.32 Å². The summed E-state index contributed by atoms with van der Waals surface area (Å²) >= 11 is 0. The standard InChI is InChI=1S/C13H23N3O3/c1-5-19-13(18)10-6-15-16(4)11(10)7-14-8-12(17)9(2)3/h6,9,12,14,17H,5,7-8H2,1-4H3. The quantitative estimate of drug-likeness (QED) is 0.713. The maximum absolute atomic E-state index is 11.7. The van der Waals surface area contributed by atoms with Crippen molar-refractivity contribution in [2.24, 2.45) is 13.0 Å². The van der Waals surface area contributed by atoms with Crippen molar-refractivity contribution in [3.63, 3.8) is 0 Å². The highest BCUT2D eigenvalue weighted by atomic mass is 16.5. The zero-order valence-electron chi connectivity index (χ0n) is 12.0. The zero-order valence-corrected chi connectivity index (χ0v) is 12.0. The number of aryl methyl sites for hydroxylation is 1. The molecule has 0 saturated carbocycles. The van der Waals surface area contributed by atoms with Gasteiger partial charge in [0.2, 0.25) is 0 Å². The first-order valence-electron chi connectivity index (χ1n) is 6.54. The highest BCUT2D eigenvalue weighted by Gasteiger charge is 2.17. The molecule has 6 heteroatoms. The van der Waals surface area contributed by atoms with Gasteiger partial charge < -0.3 is 15.2 Å². The summed E-state index contributed by atoms with van der Waals surface area (Å²) in [4.78, 5) is 11.7. The molecule has 0 bridgehead atoms. The number of aliphatic hydroxyl groups is 1. The Bertz CT molecular complexity index is 415. The Balaban J connectivity index is 2.62. The fourth-order valence-corrected chi connectivity index (χ4v) is 1.63. The van der Waals surface area contributed by atoms with Crippen molar-refractivity contribution in [1.29, 1.82) is 0 Å². The number of carbonyl (C=O) groups excluding carboxylic acids is 1. The van der Waals surface area contributed by atoms with Crippen molar-refractivity contribution in [2.45, 2.75) is 33.4 Å². The molecule has 1 aromatic heterocycles. The van der Waals surface area contributed by atoms with Crippen molar-refractivity contribution in [1.82, 2.24) is 15.1 Å². The first kappa shape index (κ1) is 15.7. The second-order valence-electron chi connectivity index (χ2n) is 4.79. The second kappa shape index (κ2) is 7.25. The molecule has 1 aromatic rings. The van der Waals surface area contributed by atoms with Crippen molar-refractivity contribution < 1.29 is 14.6 Å². The van der Waals surface area contributed by atoms with Gasteiger partial charge in [-0.3, -0.25) is 4.68 Å². The summed E-state index contributed by atoms with van der Waals surface area (Å²) in [6, 6.07) is 0. The van der Waals surface area contributed by atoms with E-state index in [0.29, 0.717) is 25.3 Å². The Morgan fingerprint density at radius 3 is 2.84 bits per heavy atom. The molecule has 1 rings (SSSR count). The highest BCUT2D eigenvalue weighted by Crippen LogP contribution is 2.09. The molecule has 1 unspecified atom stereocenters. The summed E-state index contributed by atoms with van der Waals surface area (Å²) in [6.45, 7) is 6.97. The Kier molecular flexibility index (Phi) is 5.98. The minimum atomic E-state index is -0.403. The number of hydrogen-bond acceptors (Lipinski definition) is 5. The largest absolute Gasteiger partial charge is 0.462 e. The van der Waals surface area contributed by atoms with Gasteiger partial charge in [-0.2, -0.15) is 5.10 Å². The molecule has 0 saturated heterocycles. The van der Waals surface area contributed by atoms with E-state index in [9.17, 15) is 9.90 Å². The van der Waals surface area contributed by atoms with Crippen LogP contribution in [0.3, 0.4) is 0 Å². The molecule has 0 spiro atoms. The van der Waals surface area contributed by atoms with Gasteiger partial charge in [-0.05, 0) is 12.8 Å². The first-order valence-corrected chi connectivity index (χ1v) is 6.54. The molecule has 0 aliphatic rings. The topological polar surface area (TPSA) is 76.4 Å². The van der Waals surface area contributed by atoms with Gasteiger partial charge in [-0.15, -0.1) is 0 Å². The molecule has 0 aromatic carbocycles. The number of carbonyl (C=O) groups is 1. The van der Waals surface area contributed by atoms with Crippen LogP contribution in [-0.4, -0.2) is 40.1 Å². The lowest BCUT2D eigenvalue weighted by Gasteiger charge is -2.15. The van der Waals surface area contributed by atoms with E-state index in [4.69, 9.17) is 4.74 Å². The minimum absolute atomic E-state index is 0.198. The molecular formula is C13H23N3O3. The third kappa shape index (κ3) is 4.33. The Labute approximate surface area is 113 Å². The third-order valence-corrected chi connectivity index (χ3v) is 2.97. The summed E-state index contributed by atoms with van der Waals surface area (Å²) < 4.78 is 6.62. The van der Waals surface area contributed by atoms with E-state index < -0.39 is 6.10 Å². The first-order chi connectivity index (χ1) is 8.97. The predicted octanol–water partition coefficient (Wildman–Crippen LogP) is 0.703. The monoisotopic (exact) mass is 269 g/mol. The fraction of sp³-hybridized carbons (Fsp3) is 0.692. The number of nitrogens with zero attached hydrogens (tertiary/aromatic N) is 2. The Hall–Kier alpha value is -1.40. The van der Waals surface area contributed by atoms with E-state index in [1.165, 1.54) is 6.20 Å². The number of ether oxygens (including phenoxy) is 1. The van der Waals surface area contributed by atoms with Crippen LogP contribution in [-0.2, 0) is 18.3 Å². The van der Waals surface area contributed by atoms with Crippen LogP contribution in [0.4, 0.5) is 0 Å². The lowest BCUT2D eigenvalue weighted by atomic mass is 10.1. The fourth-order valence-electron chi connectivity index (χ4n) is 1.63. The molecule has 6 nitrogen and oxygen atoms in total. The average Bonchev–Trinajstić information content (AvgIpc) is 2.71. The van der Waals surface area contributed by atoms with E-state index in [2.05, 4.69) is 10.4 Å². The lowest BCUT2D eigenvalue weighted by molar-refractivity contribution is 0.0524. The van der Waals surface area contributed by atoms with Crippen molar-refractivity contribution in [2.75, 3.05) is 13.2 Å². The average molecular weight is 269 g/mol. The van der Waals surface area contributed by atoms with Crippen molar-refractivity contribution in [3.05, 3.63) is 17.5 Å². The molecule has 1 heterocycles. The van der Waals surface area contributed by atoms with E-state index in [1.807, 2.05) is 13.8 Å². The maximum Gasteiger partial charge on any atom is 0.341 e. The molecule has 0 aliphatic carbocycles. The van der Waals surface area contributed by atoms with Crippen LogP contribution in [0.25, 0.3) is 0 Å². The summed E-state index contributed by atoms with van der Waals surface area (Å²) in [5.41, 5.74) is 1.23. The molecule has 0 amide bonds. The van der Waals surface area contributed by atoms with E-state index in [0.717, 1.165) is 5.69 Å². The molecule has 108 valence electrons. The van der Waals surface area contributed by atoms with Gasteiger partial charge in [0.15, 0.2) is 0 Å². The van der Waals surface area contributed by atoms with E-state index >= 15 is 0 Å². The van der Waals surface area contributed by atoms with Crippen LogP contribution in [0.15, 0.2) is 6.20 Å². The van der Waals surface area contributed by atoms with Crippen molar-refractivity contribution in [3.8, 4) is 0 Å². The third-order valence-electron chi connectivity index (χ3n) is 2.97. The number of esters is 1. The highest BCUT2D eigenvalue weighted by molar-refractivity contribution is 5.90. The van der Waals surface area contributed by atoms with Gasteiger partial charge in [0, 0.05) is 20.1 Å². The molecule has 0 radical (unpaired) electrons. The summed E-state index contributed by atoms with van der Waals surface area (Å²) in [6.07, 6.45) is 1.10. The lowest BCUT2D eigenvalue weighted by Crippen LogP contribution is -2.31. The molecular weight excluding hydrogens is 246 g/mol. The predicted molar refractivity (Wildman–Crippen MR) is 71.7 cm³/mol. The SMILES string of the molecule is CCOC(=O)c1cnn(C)c1CNCC(O)C(C)C. The number of rotatable bonds is 7.